The minimum absolute atomic E-state index is 0.0892. The Labute approximate surface area is 201 Å². The fraction of sp³-hybridized carbons (Fsp3) is 0.520. The average Bonchev–Trinajstić information content (AvgIpc) is 3.69. The third-order valence-electron chi connectivity index (χ3n) is 6.57. The first kappa shape index (κ1) is 24.2. The SMILES string of the molecule is CC(C1CC1)N(Cc1ccccc1)C(=O)CSc1ccc(S(=O)(=O)N2CCCCCC2)cn1. The predicted molar refractivity (Wildman–Crippen MR) is 131 cm³/mol. The topological polar surface area (TPSA) is 70.6 Å². The van der Waals surface area contributed by atoms with E-state index in [1.165, 1.54) is 30.8 Å². The van der Waals surface area contributed by atoms with E-state index in [9.17, 15) is 13.2 Å². The van der Waals surface area contributed by atoms with Crippen molar-refractivity contribution in [2.45, 2.75) is 68.0 Å². The van der Waals surface area contributed by atoms with E-state index >= 15 is 0 Å². The number of hydrogen-bond acceptors (Lipinski definition) is 5. The van der Waals surface area contributed by atoms with Gasteiger partial charge in [-0.3, -0.25) is 4.79 Å². The molecule has 8 heteroatoms. The van der Waals surface area contributed by atoms with Crippen LogP contribution in [0.4, 0.5) is 0 Å². The van der Waals surface area contributed by atoms with Gasteiger partial charge in [-0.1, -0.05) is 54.9 Å². The number of thioether (sulfide) groups is 1. The number of benzene rings is 1. The molecular formula is C25H33N3O3S2. The Morgan fingerprint density at radius 1 is 1.09 bits per heavy atom. The molecule has 0 radical (unpaired) electrons. The first-order chi connectivity index (χ1) is 15.9. The number of hydrogen-bond donors (Lipinski definition) is 0. The molecule has 1 unspecified atom stereocenters. The number of sulfonamides is 1. The van der Waals surface area contributed by atoms with Gasteiger partial charge in [0.25, 0.3) is 0 Å². The van der Waals surface area contributed by atoms with E-state index in [0.717, 1.165) is 31.2 Å². The summed E-state index contributed by atoms with van der Waals surface area (Å²) in [5.41, 5.74) is 1.13. The number of pyridine rings is 1. The summed E-state index contributed by atoms with van der Waals surface area (Å²) < 4.78 is 27.5. The smallest absolute Gasteiger partial charge is 0.244 e. The van der Waals surface area contributed by atoms with Crippen molar-refractivity contribution in [1.29, 1.82) is 0 Å². The summed E-state index contributed by atoms with van der Waals surface area (Å²) in [5, 5.41) is 0.664. The molecule has 6 nitrogen and oxygen atoms in total. The Balaban J connectivity index is 1.38. The summed E-state index contributed by atoms with van der Waals surface area (Å²) in [6, 6.07) is 13.6. The maximum absolute atomic E-state index is 13.1. The molecule has 1 aliphatic heterocycles. The molecule has 0 spiro atoms. The van der Waals surface area contributed by atoms with Gasteiger partial charge in [0, 0.05) is 31.9 Å². The Morgan fingerprint density at radius 3 is 2.39 bits per heavy atom. The van der Waals surface area contributed by atoms with Crippen molar-refractivity contribution in [1.82, 2.24) is 14.2 Å². The second kappa shape index (κ2) is 11.0. The number of rotatable bonds is 9. The summed E-state index contributed by atoms with van der Waals surface area (Å²) >= 11 is 1.36. The molecule has 1 aromatic carbocycles. The highest BCUT2D eigenvalue weighted by molar-refractivity contribution is 7.99. The van der Waals surface area contributed by atoms with Gasteiger partial charge in [-0.2, -0.15) is 4.31 Å². The van der Waals surface area contributed by atoms with Crippen LogP contribution in [0.15, 0.2) is 58.6 Å². The molecule has 1 aromatic heterocycles. The Hall–Kier alpha value is -1.90. The third-order valence-corrected chi connectivity index (χ3v) is 9.38. The summed E-state index contributed by atoms with van der Waals surface area (Å²) in [7, 11) is -3.51. The highest BCUT2D eigenvalue weighted by Crippen LogP contribution is 2.36. The van der Waals surface area contributed by atoms with Gasteiger partial charge in [0.15, 0.2) is 0 Å². The largest absolute Gasteiger partial charge is 0.335 e. The monoisotopic (exact) mass is 487 g/mol. The Kier molecular flexibility index (Phi) is 8.09. The molecule has 178 valence electrons. The molecule has 1 amide bonds. The maximum atomic E-state index is 13.1. The van der Waals surface area contributed by atoms with Crippen LogP contribution in [-0.2, 0) is 21.4 Å². The van der Waals surface area contributed by atoms with Gasteiger partial charge >= 0.3 is 0 Å². The van der Waals surface area contributed by atoms with E-state index in [0.29, 0.717) is 30.6 Å². The quantitative estimate of drug-likeness (QED) is 0.485. The van der Waals surface area contributed by atoms with Gasteiger partial charge in [0.05, 0.1) is 10.8 Å². The minimum atomic E-state index is -3.51. The summed E-state index contributed by atoms with van der Waals surface area (Å²) in [5.74, 6) is 0.963. The fourth-order valence-electron chi connectivity index (χ4n) is 4.33. The lowest BCUT2D eigenvalue weighted by Crippen LogP contribution is -2.40. The molecule has 2 heterocycles. The lowest BCUT2D eigenvalue weighted by Gasteiger charge is -2.29. The summed E-state index contributed by atoms with van der Waals surface area (Å²) in [6.45, 7) is 3.90. The summed E-state index contributed by atoms with van der Waals surface area (Å²) in [6.07, 6.45) is 7.76. The van der Waals surface area contributed by atoms with Crippen molar-refractivity contribution < 1.29 is 13.2 Å². The van der Waals surface area contributed by atoms with Crippen LogP contribution in [0.25, 0.3) is 0 Å². The Morgan fingerprint density at radius 2 is 1.79 bits per heavy atom. The van der Waals surface area contributed by atoms with Gasteiger partial charge in [-0.15, -0.1) is 0 Å². The van der Waals surface area contributed by atoms with E-state index in [4.69, 9.17) is 0 Å². The maximum Gasteiger partial charge on any atom is 0.244 e. The van der Waals surface area contributed by atoms with Gasteiger partial charge in [0.1, 0.15) is 4.90 Å². The van der Waals surface area contributed by atoms with Crippen LogP contribution < -0.4 is 0 Å². The molecule has 4 rings (SSSR count). The minimum Gasteiger partial charge on any atom is -0.335 e. The molecule has 2 aliphatic rings. The average molecular weight is 488 g/mol. The highest BCUT2D eigenvalue weighted by Gasteiger charge is 2.34. The number of nitrogens with zero attached hydrogens (tertiary/aromatic N) is 3. The van der Waals surface area contributed by atoms with Crippen molar-refractivity contribution in [3.8, 4) is 0 Å². The first-order valence-corrected chi connectivity index (χ1v) is 14.3. The molecule has 0 N–H and O–H groups in total. The lowest BCUT2D eigenvalue weighted by molar-refractivity contribution is -0.131. The van der Waals surface area contributed by atoms with Crippen LogP contribution in [-0.4, -0.2) is 53.4 Å². The molecule has 2 aromatic rings. The highest BCUT2D eigenvalue weighted by atomic mass is 32.2. The molecule has 33 heavy (non-hydrogen) atoms. The van der Waals surface area contributed by atoms with Crippen LogP contribution in [0.5, 0.6) is 0 Å². The normalized spacial score (nSPS) is 18.5. The molecule has 1 saturated carbocycles. The zero-order chi connectivity index (χ0) is 23.3. The molecule has 0 bridgehead atoms. The van der Waals surface area contributed by atoms with Gasteiger partial charge < -0.3 is 4.90 Å². The lowest BCUT2D eigenvalue weighted by atomic mass is 10.1. The third kappa shape index (κ3) is 6.37. The van der Waals surface area contributed by atoms with Crippen molar-refractivity contribution in [3.05, 3.63) is 54.2 Å². The van der Waals surface area contributed by atoms with Crippen LogP contribution in [0.1, 0.15) is 51.0 Å². The number of amides is 1. The van der Waals surface area contributed by atoms with E-state index < -0.39 is 10.0 Å². The van der Waals surface area contributed by atoms with E-state index in [1.807, 2.05) is 23.1 Å². The van der Waals surface area contributed by atoms with Crippen molar-refractivity contribution in [2.24, 2.45) is 5.92 Å². The van der Waals surface area contributed by atoms with Gasteiger partial charge in [0.2, 0.25) is 15.9 Å². The van der Waals surface area contributed by atoms with E-state index in [2.05, 4.69) is 24.0 Å². The van der Waals surface area contributed by atoms with Gasteiger partial charge in [-0.05, 0) is 56.2 Å². The van der Waals surface area contributed by atoms with Crippen LogP contribution >= 0.6 is 11.8 Å². The van der Waals surface area contributed by atoms with Crippen molar-refractivity contribution >= 4 is 27.7 Å². The molecular weight excluding hydrogens is 454 g/mol. The van der Waals surface area contributed by atoms with Crippen LogP contribution in [0.3, 0.4) is 0 Å². The van der Waals surface area contributed by atoms with Crippen molar-refractivity contribution in [3.63, 3.8) is 0 Å². The van der Waals surface area contributed by atoms with Gasteiger partial charge in [-0.25, -0.2) is 13.4 Å². The molecule has 1 aliphatic carbocycles. The second-order valence-corrected chi connectivity index (χ2v) is 12.0. The van der Waals surface area contributed by atoms with Crippen LogP contribution in [0, 0.1) is 5.92 Å². The molecule has 1 atom stereocenters. The Bertz CT molecular complexity index is 1020. The predicted octanol–water partition coefficient (Wildman–Crippen LogP) is 4.57. The van der Waals surface area contributed by atoms with Crippen LogP contribution in [0.2, 0.25) is 0 Å². The number of carbonyl (C=O) groups excluding carboxylic acids is 1. The zero-order valence-corrected chi connectivity index (χ0v) is 20.9. The summed E-state index contributed by atoms with van der Waals surface area (Å²) in [4.78, 5) is 19.7. The van der Waals surface area contributed by atoms with E-state index in [1.54, 1.807) is 16.4 Å². The van der Waals surface area contributed by atoms with Crippen molar-refractivity contribution in [2.75, 3.05) is 18.8 Å². The standard InChI is InChI=1S/C25H33N3O3S2/c1-20(22-11-12-22)28(18-21-9-5-4-6-10-21)25(29)19-32-24-14-13-23(17-26-24)33(30,31)27-15-7-2-3-8-16-27/h4-6,9-10,13-14,17,20,22H,2-3,7-8,11-12,15-16,18-19H2,1H3. The fourth-order valence-corrected chi connectivity index (χ4v) is 6.52. The second-order valence-electron chi connectivity index (χ2n) is 9.02. The number of carbonyl (C=O) groups is 1. The number of aromatic nitrogens is 1. The zero-order valence-electron chi connectivity index (χ0n) is 19.2. The molecule has 1 saturated heterocycles. The van der Waals surface area contributed by atoms with E-state index in [-0.39, 0.29) is 22.6 Å². The first-order valence-electron chi connectivity index (χ1n) is 11.9. The molecule has 2 fully saturated rings.